The number of hydrogen-bond acceptors (Lipinski definition) is 2. The predicted octanol–water partition coefficient (Wildman–Crippen LogP) is 1.62. The second kappa shape index (κ2) is 5.00. The Kier molecular flexibility index (Phi) is 4.59. The second-order valence-electron chi connectivity index (χ2n) is 1.50. The molecule has 0 aromatic carbocycles. The van der Waals surface area contributed by atoms with Crippen LogP contribution < -0.4 is 0 Å². The Hall–Kier alpha value is -0.820. The summed E-state index contributed by atoms with van der Waals surface area (Å²) in [4.78, 5) is 10.1. The summed E-state index contributed by atoms with van der Waals surface area (Å²) in [6, 6.07) is 0. The molecule has 0 atom stereocenters. The van der Waals surface area contributed by atoms with E-state index in [0.29, 0.717) is 0 Å². The summed E-state index contributed by atoms with van der Waals surface area (Å²) in [6.07, 6.45) is -0.226. The molecule has 0 bridgehead atoms. The first kappa shape index (κ1) is 9.18. The van der Waals surface area contributed by atoms with Gasteiger partial charge in [0.2, 0.25) is 0 Å². The van der Waals surface area contributed by atoms with Gasteiger partial charge in [-0.2, -0.15) is 0 Å². The second-order valence-corrected chi connectivity index (χ2v) is 2.44. The molecule has 0 heterocycles. The lowest BCUT2D eigenvalue weighted by atomic mass is 10.5. The summed E-state index contributed by atoms with van der Waals surface area (Å²) in [5.41, 5.74) is 0. The van der Waals surface area contributed by atoms with Gasteiger partial charge >= 0.3 is 6.09 Å². The van der Waals surface area contributed by atoms with Crippen LogP contribution in [0.2, 0.25) is 0 Å². The van der Waals surface area contributed by atoms with E-state index in [1.54, 1.807) is 0 Å². The zero-order valence-electron chi connectivity index (χ0n) is 5.92. The lowest BCUT2D eigenvalue weighted by Gasteiger charge is -2.04. The Morgan fingerprint density at radius 1 is 1.80 bits per heavy atom. The van der Waals surface area contributed by atoms with E-state index in [1.165, 1.54) is 7.05 Å². The first-order chi connectivity index (χ1) is 4.68. The van der Waals surface area contributed by atoms with Crippen molar-refractivity contribution in [2.75, 3.05) is 7.05 Å². The maximum absolute atomic E-state index is 10.1. The van der Waals surface area contributed by atoms with Crippen molar-refractivity contribution >= 4 is 18.0 Å². The monoisotopic (exact) mass is 159 g/mol. The number of nitrogens with zero attached hydrogens (tertiary/aromatic N) is 1. The molecule has 10 heavy (non-hydrogen) atoms. The van der Waals surface area contributed by atoms with Crippen LogP contribution in [0, 0.1) is 11.2 Å². The molecular weight excluding hydrogens is 150 g/mol. The minimum atomic E-state index is -0.976. The fourth-order valence-electron chi connectivity index (χ4n) is 0.212. The molecule has 3 nitrogen and oxygen atoms in total. The van der Waals surface area contributed by atoms with Gasteiger partial charge in [-0.25, -0.2) is 9.10 Å². The van der Waals surface area contributed by atoms with Crippen molar-refractivity contribution in [1.29, 1.82) is 0 Å². The van der Waals surface area contributed by atoms with Crippen LogP contribution in [0.4, 0.5) is 4.79 Å². The maximum Gasteiger partial charge on any atom is 0.417 e. The fraction of sp³-hybridized carbons (Fsp3) is 0.500. The molecular formula is C6H9NO2S. The molecule has 0 rings (SSSR count). The standard InChI is InChI=1S/C6H9NO2S/c1-3-4-5-10-7(2)6(8)9/h3H2,1-2H3,(H,8,9). The van der Waals surface area contributed by atoms with Crippen LogP contribution in [0.5, 0.6) is 0 Å². The van der Waals surface area contributed by atoms with Gasteiger partial charge in [0, 0.05) is 25.4 Å². The number of carbonyl (C=O) groups is 1. The zero-order chi connectivity index (χ0) is 7.98. The molecule has 56 valence electrons. The highest BCUT2D eigenvalue weighted by Gasteiger charge is 2.01. The van der Waals surface area contributed by atoms with E-state index < -0.39 is 6.09 Å². The van der Waals surface area contributed by atoms with Gasteiger partial charge in [0.25, 0.3) is 0 Å². The summed E-state index contributed by atoms with van der Waals surface area (Å²) in [7, 11) is 1.46. The van der Waals surface area contributed by atoms with Gasteiger partial charge in [-0.1, -0.05) is 12.8 Å². The maximum atomic E-state index is 10.1. The lowest BCUT2D eigenvalue weighted by Crippen LogP contribution is -2.15. The number of amides is 1. The minimum absolute atomic E-state index is 0.750. The molecule has 0 spiro atoms. The summed E-state index contributed by atoms with van der Waals surface area (Å²) in [6.45, 7) is 1.91. The largest absolute Gasteiger partial charge is 0.464 e. The minimum Gasteiger partial charge on any atom is -0.464 e. The van der Waals surface area contributed by atoms with E-state index in [2.05, 4.69) is 11.2 Å². The summed E-state index contributed by atoms with van der Waals surface area (Å²) < 4.78 is 1.06. The third kappa shape index (κ3) is 4.10. The van der Waals surface area contributed by atoms with Crippen LogP contribution in [-0.4, -0.2) is 22.6 Å². The molecule has 0 saturated heterocycles. The SMILES string of the molecule is CCC#CSN(C)C(=O)O. The summed E-state index contributed by atoms with van der Waals surface area (Å²) >= 11 is 0.982. The van der Waals surface area contributed by atoms with E-state index in [9.17, 15) is 4.79 Å². The van der Waals surface area contributed by atoms with Crippen LogP contribution in [0.1, 0.15) is 13.3 Å². The van der Waals surface area contributed by atoms with Gasteiger partial charge in [-0.05, 0) is 5.25 Å². The van der Waals surface area contributed by atoms with E-state index in [1.807, 2.05) is 6.92 Å². The smallest absolute Gasteiger partial charge is 0.417 e. The lowest BCUT2D eigenvalue weighted by molar-refractivity contribution is 0.181. The van der Waals surface area contributed by atoms with Gasteiger partial charge in [0.1, 0.15) is 0 Å². The Morgan fingerprint density at radius 2 is 2.40 bits per heavy atom. The van der Waals surface area contributed by atoms with E-state index in [-0.39, 0.29) is 0 Å². The average molecular weight is 159 g/mol. The summed E-state index contributed by atoms with van der Waals surface area (Å²) in [5.74, 6) is 2.74. The van der Waals surface area contributed by atoms with Crippen LogP contribution in [0.15, 0.2) is 0 Å². The van der Waals surface area contributed by atoms with Crippen molar-refractivity contribution in [3.8, 4) is 11.2 Å². The molecule has 0 aliphatic rings. The Balaban J connectivity index is 3.58. The van der Waals surface area contributed by atoms with Gasteiger partial charge in [-0.15, -0.1) is 0 Å². The molecule has 0 aliphatic heterocycles. The number of rotatable bonds is 1. The highest BCUT2D eigenvalue weighted by Crippen LogP contribution is 2.03. The van der Waals surface area contributed by atoms with Crippen LogP contribution in [0.3, 0.4) is 0 Å². The van der Waals surface area contributed by atoms with Gasteiger partial charge in [0.05, 0.1) is 0 Å². The van der Waals surface area contributed by atoms with Crippen molar-refractivity contribution in [2.24, 2.45) is 0 Å². The predicted molar refractivity (Wildman–Crippen MR) is 41.4 cm³/mol. The van der Waals surface area contributed by atoms with Crippen molar-refractivity contribution < 1.29 is 9.90 Å². The third-order valence-corrected chi connectivity index (χ3v) is 1.37. The Bertz CT molecular complexity index is 170. The molecule has 0 unspecified atom stereocenters. The molecule has 0 fully saturated rings. The van der Waals surface area contributed by atoms with Gasteiger partial charge < -0.3 is 5.11 Å². The number of carboxylic acid groups (broad SMARTS) is 1. The molecule has 0 saturated carbocycles. The third-order valence-electron chi connectivity index (χ3n) is 0.701. The molecule has 0 aromatic rings. The van der Waals surface area contributed by atoms with Crippen LogP contribution in [-0.2, 0) is 0 Å². The highest BCUT2D eigenvalue weighted by atomic mass is 32.2. The van der Waals surface area contributed by atoms with Gasteiger partial charge in [0.15, 0.2) is 0 Å². The molecule has 0 radical (unpaired) electrons. The first-order valence-corrected chi connectivity index (χ1v) is 3.57. The molecule has 0 aliphatic carbocycles. The Morgan fingerprint density at radius 3 is 2.80 bits per heavy atom. The zero-order valence-corrected chi connectivity index (χ0v) is 6.73. The molecule has 1 N–H and O–H groups in total. The topological polar surface area (TPSA) is 40.5 Å². The van der Waals surface area contributed by atoms with Crippen molar-refractivity contribution in [1.82, 2.24) is 4.31 Å². The Labute approximate surface area is 64.5 Å². The first-order valence-electron chi connectivity index (χ1n) is 2.80. The average Bonchev–Trinajstić information content (AvgIpc) is 1.88. The molecule has 1 amide bonds. The van der Waals surface area contributed by atoms with Crippen molar-refractivity contribution in [3.05, 3.63) is 0 Å². The quantitative estimate of drug-likeness (QED) is 0.467. The molecule has 0 aromatic heterocycles. The van der Waals surface area contributed by atoms with Crippen LogP contribution in [0.25, 0.3) is 0 Å². The van der Waals surface area contributed by atoms with E-state index in [4.69, 9.17) is 5.11 Å². The van der Waals surface area contributed by atoms with Crippen LogP contribution >= 0.6 is 11.9 Å². The van der Waals surface area contributed by atoms with E-state index >= 15 is 0 Å². The normalized spacial score (nSPS) is 7.80. The van der Waals surface area contributed by atoms with Crippen molar-refractivity contribution in [2.45, 2.75) is 13.3 Å². The van der Waals surface area contributed by atoms with Crippen molar-refractivity contribution in [3.63, 3.8) is 0 Å². The summed E-state index contributed by atoms with van der Waals surface area (Å²) in [5, 5.41) is 10.9. The fourth-order valence-corrected chi connectivity index (χ4v) is 0.636. The van der Waals surface area contributed by atoms with Gasteiger partial charge in [-0.3, -0.25) is 0 Å². The van der Waals surface area contributed by atoms with E-state index in [0.717, 1.165) is 22.7 Å². The number of hydrogen-bond donors (Lipinski definition) is 1. The highest BCUT2D eigenvalue weighted by molar-refractivity contribution is 8.02. The molecule has 4 heteroatoms.